The maximum atomic E-state index is 11.7. The van der Waals surface area contributed by atoms with Gasteiger partial charge in [-0.2, -0.15) is 0 Å². The second-order valence-corrected chi connectivity index (χ2v) is 5.42. The number of ether oxygens (including phenoxy) is 1. The summed E-state index contributed by atoms with van der Waals surface area (Å²) in [7, 11) is 0. The summed E-state index contributed by atoms with van der Waals surface area (Å²) >= 11 is 0. The molecule has 1 heterocycles. The molecule has 24 heavy (non-hydrogen) atoms. The molecule has 0 radical (unpaired) electrons. The fraction of sp³-hybridized carbons (Fsp3) is 0.294. The molecule has 0 saturated carbocycles. The number of aliphatic hydroxyl groups excluding tert-OH is 2. The molecule has 0 aliphatic heterocycles. The van der Waals surface area contributed by atoms with Crippen molar-refractivity contribution >= 4 is 6.09 Å². The largest absolute Gasteiger partial charge is 0.445 e. The van der Waals surface area contributed by atoms with Crippen LogP contribution in [0, 0.1) is 6.92 Å². The summed E-state index contributed by atoms with van der Waals surface area (Å²) in [4.78, 5) is 25.8. The number of aliphatic hydroxyl groups is 2. The van der Waals surface area contributed by atoms with Gasteiger partial charge in [0.05, 0.1) is 0 Å². The van der Waals surface area contributed by atoms with Crippen molar-refractivity contribution < 1.29 is 19.7 Å². The zero-order chi connectivity index (χ0) is 17.5. The number of benzene rings is 1. The highest BCUT2D eigenvalue weighted by atomic mass is 16.5. The zero-order valence-corrected chi connectivity index (χ0v) is 13.2. The molecule has 0 saturated heterocycles. The average molecular weight is 332 g/mol. The fourth-order valence-corrected chi connectivity index (χ4v) is 2.12. The van der Waals surface area contributed by atoms with Gasteiger partial charge in [-0.05, 0) is 24.1 Å². The first kappa shape index (κ1) is 17.7. The molecule has 1 amide bonds. The van der Waals surface area contributed by atoms with Gasteiger partial charge in [0.1, 0.15) is 18.8 Å². The van der Waals surface area contributed by atoms with Gasteiger partial charge in [-0.1, -0.05) is 30.3 Å². The van der Waals surface area contributed by atoms with E-state index >= 15 is 0 Å². The number of aromatic amines is 1. The summed E-state index contributed by atoms with van der Waals surface area (Å²) in [5.74, 6) is 0. The van der Waals surface area contributed by atoms with Crippen molar-refractivity contribution in [2.45, 2.75) is 25.7 Å². The summed E-state index contributed by atoms with van der Waals surface area (Å²) in [5, 5.41) is 22.4. The normalized spacial score (nSPS) is 13.1. The monoisotopic (exact) mass is 332 g/mol. The van der Waals surface area contributed by atoms with Crippen LogP contribution in [-0.2, 0) is 11.3 Å². The van der Waals surface area contributed by atoms with E-state index in [-0.39, 0.29) is 18.7 Å². The van der Waals surface area contributed by atoms with Gasteiger partial charge < -0.3 is 25.3 Å². The average Bonchev–Trinajstić information content (AvgIpc) is 2.60. The van der Waals surface area contributed by atoms with E-state index in [2.05, 4.69) is 10.3 Å². The van der Waals surface area contributed by atoms with Crippen LogP contribution in [0.1, 0.15) is 22.8 Å². The molecule has 2 rings (SSSR count). The Kier molecular flexibility index (Phi) is 6.11. The third-order valence-corrected chi connectivity index (χ3v) is 3.43. The van der Waals surface area contributed by atoms with Crippen LogP contribution < -0.4 is 10.9 Å². The molecule has 0 aliphatic carbocycles. The van der Waals surface area contributed by atoms with Crippen LogP contribution in [0.5, 0.6) is 0 Å². The Hall–Kier alpha value is -2.64. The Labute approximate surface area is 138 Å². The number of aromatic nitrogens is 1. The van der Waals surface area contributed by atoms with E-state index in [1.807, 2.05) is 30.3 Å². The lowest BCUT2D eigenvalue weighted by Gasteiger charge is -2.18. The molecule has 128 valence electrons. The molecule has 2 unspecified atom stereocenters. The van der Waals surface area contributed by atoms with Crippen molar-refractivity contribution in [2.24, 2.45) is 0 Å². The number of nitrogens with one attached hydrogen (secondary N) is 2. The smallest absolute Gasteiger partial charge is 0.407 e. The Morgan fingerprint density at radius 2 is 2.00 bits per heavy atom. The summed E-state index contributed by atoms with van der Waals surface area (Å²) in [6.07, 6.45) is -1.96. The maximum absolute atomic E-state index is 11.7. The van der Waals surface area contributed by atoms with Crippen LogP contribution in [0.4, 0.5) is 4.79 Å². The fourth-order valence-electron chi connectivity index (χ4n) is 2.12. The van der Waals surface area contributed by atoms with E-state index in [0.717, 1.165) is 11.1 Å². The molecule has 4 N–H and O–H groups in total. The predicted molar refractivity (Wildman–Crippen MR) is 87.4 cm³/mol. The molecule has 0 aliphatic rings. The molecule has 2 atom stereocenters. The number of carbonyl (C=O) groups is 1. The van der Waals surface area contributed by atoms with Crippen LogP contribution in [0.15, 0.2) is 47.4 Å². The lowest BCUT2D eigenvalue weighted by Crippen LogP contribution is -2.37. The van der Waals surface area contributed by atoms with Crippen LogP contribution in [-0.4, -0.2) is 33.9 Å². The van der Waals surface area contributed by atoms with E-state index < -0.39 is 23.9 Å². The van der Waals surface area contributed by atoms with Crippen molar-refractivity contribution in [3.8, 4) is 0 Å². The highest BCUT2D eigenvalue weighted by Crippen LogP contribution is 2.13. The molecule has 1 aromatic carbocycles. The third-order valence-electron chi connectivity index (χ3n) is 3.43. The molecule has 0 spiro atoms. The van der Waals surface area contributed by atoms with Crippen molar-refractivity contribution in [3.05, 3.63) is 69.6 Å². The zero-order valence-electron chi connectivity index (χ0n) is 13.2. The molecule has 7 nitrogen and oxygen atoms in total. The number of carbonyl (C=O) groups excluding carboxylic acids is 1. The van der Waals surface area contributed by atoms with Gasteiger partial charge in [0.2, 0.25) is 0 Å². The van der Waals surface area contributed by atoms with Crippen molar-refractivity contribution in [1.82, 2.24) is 10.3 Å². The number of amides is 1. The first-order chi connectivity index (χ1) is 11.5. The Morgan fingerprint density at radius 3 is 2.71 bits per heavy atom. The van der Waals surface area contributed by atoms with Gasteiger partial charge in [0.15, 0.2) is 0 Å². The highest BCUT2D eigenvalue weighted by molar-refractivity contribution is 5.67. The lowest BCUT2D eigenvalue weighted by atomic mass is 10.0. The Morgan fingerprint density at radius 1 is 1.29 bits per heavy atom. The second kappa shape index (κ2) is 8.28. The summed E-state index contributed by atoms with van der Waals surface area (Å²) in [6, 6.07) is 10.6. The Balaban J connectivity index is 1.83. The summed E-state index contributed by atoms with van der Waals surface area (Å²) in [6.45, 7) is 1.60. The summed E-state index contributed by atoms with van der Waals surface area (Å²) in [5.41, 5.74) is 1.13. The number of H-pyrrole nitrogens is 1. The van der Waals surface area contributed by atoms with Gasteiger partial charge in [0.25, 0.3) is 5.56 Å². The van der Waals surface area contributed by atoms with E-state index in [9.17, 15) is 19.8 Å². The number of pyridine rings is 1. The van der Waals surface area contributed by atoms with Crippen LogP contribution >= 0.6 is 0 Å². The topological polar surface area (TPSA) is 112 Å². The molecule has 0 fully saturated rings. The van der Waals surface area contributed by atoms with Gasteiger partial charge >= 0.3 is 6.09 Å². The Bertz CT molecular complexity index is 729. The third kappa shape index (κ3) is 4.94. The minimum Gasteiger partial charge on any atom is -0.445 e. The minimum absolute atomic E-state index is 0.0435. The number of rotatable bonds is 6. The molecule has 0 bridgehead atoms. The molecule has 2 aromatic rings. The lowest BCUT2D eigenvalue weighted by molar-refractivity contribution is 0.0175. The molecule has 1 aromatic heterocycles. The van der Waals surface area contributed by atoms with Crippen molar-refractivity contribution in [3.63, 3.8) is 0 Å². The highest BCUT2D eigenvalue weighted by Gasteiger charge is 2.22. The number of aryl methyl sites for hydroxylation is 1. The maximum Gasteiger partial charge on any atom is 0.407 e. The molecular formula is C17H20N2O5. The first-order valence-electron chi connectivity index (χ1n) is 7.47. The quantitative estimate of drug-likeness (QED) is 0.631. The SMILES string of the molecule is Cc1c[nH]c(=O)c(C(O)C(O)CNC(=O)OCc2ccccc2)c1. The van der Waals surface area contributed by atoms with Gasteiger partial charge in [0, 0.05) is 18.3 Å². The van der Waals surface area contributed by atoms with Crippen molar-refractivity contribution in [1.29, 1.82) is 0 Å². The molecular weight excluding hydrogens is 312 g/mol. The molecule has 7 heteroatoms. The summed E-state index contributed by atoms with van der Waals surface area (Å²) < 4.78 is 5.00. The van der Waals surface area contributed by atoms with Gasteiger partial charge in [-0.3, -0.25) is 4.79 Å². The number of hydrogen-bond donors (Lipinski definition) is 4. The van der Waals surface area contributed by atoms with Crippen LogP contribution in [0.25, 0.3) is 0 Å². The van der Waals surface area contributed by atoms with Gasteiger partial charge in [-0.25, -0.2) is 4.79 Å². The van der Waals surface area contributed by atoms with Gasteiger partial charge in [-0.15, -0.1) is 0 Å². The standard InChI is InChI=1S/C17H20N2O5/c1-11-7-13(16(22)18-8-11)15(21)14(20)9-19-17(23)24-10-12-5-3-2-4-6-12/h2-8,14-15,20-21H,9-10H2,1H3,(H,18,22)(H,19,23). The van der Waals surface area contributed by atoms with Crippen LogP contribution in [0.3, 0.4) is 0 Å². The van der Waals surface area contributed by atoms with E-state index in [0.29, 0.717) is 0 Å². The first-order valence-corrected chi connectivity index (χ1v) is 7.47. The van der Waals surface area contributed by atoms with E-state index in [1.54, 1.807) is 6.92 Å². The van der Waals surface area contributed by atoms with E-state index in [1.165, 1.54) is 12.3 Å². The minimum atomic E-state index is -1.41. The van der Waals surface area contributed by atoms with Crippen molar-refractivity contribution in [2.75, 3.05) is 6.54 Å². The number of hydrogen-bond acceptors (Lipinski definition) is 5. The van der Waals surface area contributed by atoms with Crippen LogP contribution in [0.2, 0.25) is 0 Å². The second-order valence-electron chi connectivity index (χ2n) is 5.42. The van der Waals surface area contributed by atoms with E-state index in [4.69, 9.17) is 4.74 Å². The predicted octanol–water partition coefficient (Wildman–Crippen LogP) is 1.00. The number of alkyl carbamates (subject to hydrolysis) is 1.